The Kier molecular flexibility index (Phi) is 5.41. The molecular weight excluding hydrogens is 434 g/mol. The Hall–Kier alpha value is -2.97. The van der Waals surface area contributed by atoms with Crippen molar-refractivity contribution in [1.29, 1.82) is 0 Å². The van der Waals surface area contributed by atoms with Gasteiger partial charge in [0.2, 0.25) is 11.8 Å². The van der Waals surface area contributed by atoms with Gasteiger partial charge < -0.3 is 24.5 Å². The van der Waals surface area contributed by atoms with Gasteiger partial charge in [0.15, 0.2) is 0 Å². The fourth-order valence-electron chi connectivity index (χ4n) is 6.20. The van der Waals surface area contributed by atoms with Gasteiger partial charge in [-0.25, -0.2) is 0 Å². The van der Waals surface area contributed by atoms with Crippen molar-refractivity contribution in [3.05, 3.63) is 53.6 Å². The molecule has 8 nitrogen and oxygen atoms in total. The Morgan fingerprint density at radius 2 is 1.79 bits per heavy atom. The van der Waals surface area contributed by atoms with Gasteiger partial charge >= 0.3 is 0 Å². The first-order valence-electron chi connectivity index (χ1n) is 11.8. The van der Waals surface area contributed by atoms with Crippen LogP contribution in [0.3, 0.4) is 0 Å². The second-order valence-corrected chi connectivity index (χ2v) is 9.86. The summed E-state index contributed by atoms with van der Waals surface area (Å²) in [6, 6.07) is 4.28. The Labute approximate surface area is 199 Å². The van der Waals surface area contributed by atoms with Crippen LogP contribution in [0, 0.1) is 25.7 Å². The normalized spacial score (nSPS) is 33.6. The summed E-state index contributed by atoms with van der Waals surface area (Å²) in [6.07, 6.45) is 6.82. The van der Waals surface area contributed by atoms with E-state index in [2.05, 4.69) is 0 Å². The van der Waals surface area contributed by atoms with Crippen molar-refractivity contribution in [3.63, 3.8) is 0 Å². The highest BCUT2D eigenvalue weighted by Crippen LogP contribution is 2.54. The van der Waals surface area contributed by atoms with E-state index in [1.807, 2.05) is 56.4 Å². The van der Waals surface area contributed by atoms with Gasteiger partial charge in [-0.05, 0) is 31.9 Å². The van der Waals surface area contributed by atoms with Gasteiger partial charge in [0.05, 0.1) is 30.6 Å². The van der Waals surface area contributed by atoms with Crippen LogP contribution < -0.4 is 4.90 Å². The second kappa shape index (κ2) is 8.06. The van der Waals surface area contributed by atoms with Crippen molar-refractivity contribution in [1.82, 2.24) is 9.80 Å². The van der Waals surface area contributed by atoms with E-state index in [0.717, 1.165) is 16.8 Å². The van der Waals surface area contributed by atoms with Crippen LogP contribution in [0.2, 0.25) is 0 Å². The molecule has 1 spiro atoms. The lowest BCUT2D eigenvalue weighted by atomic mass is 9.77. The summed E-state index contributed by atoms with van der Waals surface area (Å²) < 4.78 is 6.56. The minimum absolute atomic E-state index is 0.167. The van der Waals surface area contributed by atoms with E-state index in [1.165, 1.54) is 4.90 Å². The second-order valence-electron chi connectivity index (χ2n) is 9.86. The summed E-state index contributed by atoms with van der Waals surface area (Å²) >= 11 is 0. The molecule has 3 amide bonds. The molecule has 8 heteroatoms. The van der Waals surface area contributed by atoms with Gasteiger partial charge in [0, 0.05) is 25.8 Å². The van der Waals surface area contributed by atoms with Gasteiger partial charge in [-0.3, -0.25) is 14.4 Å². The number of aliphatic hydroxyl groups excluding tert-OH is 1. The van der Waals surface area contributed by atoms with Crippen molar-refractivity contribution in [3.8, 4) is 0 Å². The molecular formula is C26H31N3O5. The van der Waals surface area contributed by atoms with Gasteiger partial charge in [0.25, 0.3) is 5.91 Å². The van der Waals surface area contributed by atoms with Gasteiger partial charge in [-0.15, -0.1) is 0 Å². The molecule has 4 aliphatic heterocycles. The standard InChI is InChI=1S/C26H31N3O5/c1-15-8-5-9-16(2)21(15)28-13-7-11-26-20(19-18(34-26)10-6-12-27(4)23(19)31)24(32)29(17(3)14-30)22(26)25(28)33/h5-11,17-20,22,30H,12-14H2,1-4H3/t17-,18+,19-,20+,22?,26+/m1/s1. The molecule has 0 aromatic heterocycles. The monoisotopic (exact) mass is 465 g/mol. The molecule has 1 aromatic carbocycles. The fourth-order valence-corrected chi connectivity index (χ4v) is 6.20. The quantitative estimate of drug-likeness (QED) is 0.678. The predicted molar refractivity (Wildman–Crippen MR) is 126 cm³/mol. The molecule has 1 unspecified atom stereocenters. The molecule has 180 valence electrons. The number of nitrogens with zero attached hydrogens (tertiary/aromatic N) is 3. The molecule has 2 saturated heterocycles. The molecule has 1 N–H and O–H groups in total. The summed E-state index contributed by atoms with van der Waals surface area (Å²) in [5.74, 6) is -2.32. The van der Waals surface area contributed by atoms with Gasteiger partial charge in [0.1, 0.15) is 11.6 Å². The van der Waals surface area contributed by atoms with E-state index in [-0.39, 0.29) is 24.3 Å². The number of anilines is 1. The van der Waals surface area contributed by atoms with Crippen LogP contribution >= 0.6 is 0 Å². The summed E-state index contributed by atoms with van der Waals surface area (Å²) in [4.78, 5) is 46.3. The van der Waals surface area contributed by atoms with E-state index in [0.29, 0.717) is 13.1 Å². The number of hydrogen-bond acceptors (Lipinski definition) is 5. The first kappa shape index (κ1) is 22.8. The summed E-state index contributed by atoms with van der Waals surface area (Å²) in [6.45, 7) is 6.11. The fraction of sp³-hybridized carbons (Fsp3) is 0.500. The molecule has 0 radical (unpaired) electrons. The van der Waals surface area contributed by atoms with Crippen LogP contribution in [-0.2, 0) is 19.1 Å². The van der Waals surface area contributed by atoms with Crippen LogP contribution in [0.5, 0.6) is 0 Å². The van der Waals surface area contributed by atoms with Crippen LogP contribution in [0.1, 0.15) is 18.1 Å². The number of para-hydroxylation sites is 1. The maximum atomic E-state index is 14.3. The maximum absolute atomic E-state index is 14.3. The number of aryl methyl sites for hydroxylation is 2. The number of rotatable bonds is 3. The predicted octanol–water partition coefficient (Wildman–Crippen LogP) is 1.20. The number of likely N-dealkylation sites (tertiary alicyclic amines) is 1. The molecule has 5 rings (SSSR count). The molecule has 0 aliphatic carbocycles. The lowest BCUT2D eigenvalue weighted by molar-refractivity contribution is -0.146. The first-order chi connectivity index (χ1) is 16.2. The SMILES string of the molecule is Cc1cccc(C)c1N1CC=C[C@]23O[C@H]4C=CCN(C)C(=O)[C@H]4[C@H]2C(=O)N([C@H](C)CO)C3C1=O. The number of carbonyl (C=O) groups is 3. The van der Waals surface area contributed by atoms with Crippen molar-refractivity contribution in [2.24, 2.45) is 11.8 Å². The first-order valence-corrected chi connectivity index (χ1v) is 11.8. The van der Waals surface area contributed by atoms with Crippen molar-refractivity contribution in [2.45, 2.75) is 44.6 Å². The highest BCUT2D eigenvalue weighted by atomic mass is 16.5. The Bertz CT molecular complexity index is 1090. The zero-order valence-electron chi connectivity index (χ0n) is 20.0. The number of ether oxygens (including phenoxy) is 1. The number of likely N-dealkylation sites (N-methyl/N-ethyl adjacent to an activating group) is 1. The number of amides is 3. The van der Waals surface area contributed by atoms with E-state index < -0.39 is 35.6 Å². The topological polar surface area (TPSA) is 90.4 Å². The molecule has 2 fully saturated rings. The molecule has 6 atom stereocenters. The van der Waals surface area contributed by atoms with Gasteiger partial charge in [-0.2, -0.15) is 0 Å². The Morgan fingerprint density at radius 3 is 2.47 bits per heavy atom. The summed E-state index contributed by atoms with van der Waals surface area (Å²) in [5, 5.41) is 10.00. The largest absolute Gasteiger partial charge is 0.394 e. The molecule has 1 aromatic rings. The zero-order chi connectivity index (χ0) is 24.4. The third-order valence-electron chi connectivity index (χ3n) is 7.75. The van der Waals surface area contributed by atoms with Crippen molar-refractivity contribution in [2.75, 3.05) is 31.6 Å². The Balaban J connectivity index is 1.67. The molecule has 34 heavy (non-hydrogen) atoms. The third-order valence-corrected chi connectivity index (χ3v) is 7.75. The highest BCUT2D eigenvalue weighted by Gasteiger charge is 2.72. The molecule has 0 bridgehead atoms. The molecule has 0 saturated carbocycles. The average Bonchev–Trinajstić information content (AvgIpc) is 3.14. The van der Waals surface area contributed by atoms with Crippen LogP contribution in [0.4, 0.5) is 5.69 Å². The van der Waals surface area contributed by atoms with Crippen molar-refractivity contribution >= 4 is 23.4 Å². The van der Waals surface area contributed by atoms with Crippen LogP contribution in [-0.4, -0.2) is 83.2 Å². The maximum Gasteiger partial charge on any atom is 0.253 e. The van der Waals surface area contributed by atoms with Crippen LogP contribution in [0.15, 0.2) is 42.5 Å². The number of fused-ring (bicyclic) bond motifs is 2. The molecule has 4 aliphatic rings. The van der Waals surface area contributed by atoms with E-state index in [9.17, 15) is 19.5 Å². The number of hydrogen-bond donors (Lipinski definition) is 1. The van der Waals surface area contributed by atoms with Gasteiger partial charge in [-0.1, -0.05) is 42.5 Å². The highest BCUT2D eigenvalue weighted by molar-refractivity contribution is 6.06. The van der Waals surface area contributed by atoms with E-state index in [1.54, 1.807) is 23.8 Å². The minimum Gasteiger partial charge on any atom is -0.394 e. The zero-order valence-corrected chi connectivity index (χ0v) is 20.0. The molecule has 4 heterocycles. The lowest BCUT2D eigenvalue weighted by Crippen LogP contribution is -2.58. The summed E-state index contributed by atoms with van der Waals surface area (Å²) in [7, 11) is 1.71. The van der Waals surface area contributed by atoms with Crippen molar-refractivity contribution < 1.29 is 24.2 Å². The Morgan fingerprint density at radius 1 is 1.09 bits per heavy atom. The van der Waals surface area contributed by atoms with E-state index >= 15 is 0 Å². The number of carbonyl (C=O) groups excluding carboxylic acids is 3. The minimum atomic E-state index is -1.28. The van der Waals surface area contributed by atoms with Crippen LogP contribution in [0.25, 0.3) is 0 Å². The van der Waals surface area contributed by atoms with E-state index in [4.69, 9.17) is 4.74 Å². The number of benzene rings is 1. The summed E-state index contributed by atoms with van der Waals surface area (Å²) in [5.41, 5.74) is 1.44. The average molecular weight is 466 g/mol. The third kappa shape index (κ3) is 3.01. The lowest BCUT2D eigenvalue weighted by Gasteiger charge is -2.38. The smallest absolute Gasteiger partial charge is 0.253 e. The number of aliphatic hydroxyl groups is 1.